The van der Waals surface area contributed by atoms with Gasteiger partial charge in [0.1, 0.15) is 26.2 Å². The molecular weight excluding hydrogens is 348 g/mol. The van der Waals surface area contributed by atoms with E-state index in [0.29, 0.717) is 26.3 Å². The highest BCUT2D eigenvalue weighted by molar-refractivity contribution is 7.80. The second kappa shape index (κ2) is 8.22. The Morgan fingerprint density at radius 2 is 2.09 bits per heavy atom. The molecule has 9 nitrogen and oxygen atoms in total. The summed E-state index contributed by atoms with van der Waals surface area (Å²) in [5.74, 6) is 0. The molecule has 2 aliphatic heterocycles. The monoisotopic (exact) mass is 369 g/mol. The number of phosphoric ester groups is 1. The Morgan fingerprint density at radius 1 is 1.43 bits per heavy atom. The summed E-state index contributed by atoms with van der Waals surface area (Å²) in [6.45, 7) is 1.92. The summed E-state index contributed by atoms with van der Waals surface area (Å²) < 4.78 is 37.8. The van der Waals surface area contributed by atoms with E-state index in [-0.39, 0.29) is 11.8 Å². The third-order valence-corrected chi connectivity index (χ3v) is 5.04. The summed E-state index contributed by atoms with van der Waals surface area (Å²) in [7, 11) is -1.49. The van der Waals surface area contributed by atoms with Crippen molar-refractivity contribution in [1.29, 1.82) is 0 Å². The molecule has 2 rings (SSSR count). The van der Waals surface area contributed by atoms with Gasteiger partial charge in [0.05, 0.1) is 25.8 Å². The molecule has 2 saturated heterocycles. The number of nitrogens with zero attached hydrogens (tertiary/aromatic N) is 1. The van der Waals surface area contributed by atoms with E-state index < -0.39 is 32.1 Å². The summed E-state index contributed by atoms with van der Waals surface area (Å²) in [4.78, 5) is 11.4. The summed E-state index contributed by atoms with van der Waals surface area (Å²) in [5.41, 5.74) is 0. The second-order valence-electron chi connectivity index (χ2n) is 5.23. The van der Waals surface area contributed by atoms with Gasteiger partial charge in [-0.1, -0.05) is 0 Å². The molecule has 0 radical (unpaired) electrons. The summed E-state index contributed by atoms with van der Waals surface area (Å²) >= 11 is 5.27. The van der Waals surface area contributed by atoms with Crippen molar-refractivity contribution in [3.63, 3.8) is 0 Å². The van der Waals surface area contributed by atoms with Crippen LogP contribution in [0.25, 0.3) is 0 Å². The molecule has 0 aromatic carbocycles. The Kier molecular flexibility index (Phi) is 6.82. The van der Waals surface area contributed by atoms with Gasteiger partial charge in [-0.2, -0.15) is 0 Å². The van der Waals surface area contributed by atoms with Crippen LogP contribution in [0, 0.1) is 0 Å². The number of hydrogen-bond donors (Lipinski definition) is 2. The lowest BCUT2D eigenvalue weighted by Gasteiger charge is -2.32. The normalized spacial score (nSPS) is 34.1. The number of hydrogen-bond acceptors (Lipinski definition) is 8. The zero-order valence-electron chi connectivity index (χ0n) is 13.0. The predicted octanol–water partition coefficient (Wildman–Crippen LogP) is -1.53. The molecule has 0 aromatic heterocycles. The molecule has 132 valence electrons. The van der Waals surface area contributed by atoms with E-state index in [0.717, 1.165) is 7.11 Å². The topological polar surface area (TPSA) is 107 Å². The number of aliphatic hydroxyl groups excluding tert-OH is 1. The third kappa shape index (κ3) is 4.86. The predicted molar refractivity (Wildman–Crippen MR) is 85.9 cm³/mol. The van der Waals surface area contributed by atoms with Gasteiger partial charge in [-0.05, 0) is 12.2 Å². The van der Waals surface area contributed by atoms with Crippen molar-refractivity contribution in [2.24, 2.45) is 0 Å². The van der Waals surface area contributed by atoms with Gasteiger partial charge in [0.25, 0.3) is 5.17 Å². The van der Waals surface area contributed by atoms with Crippen molar-refractivity contribution in [3.05, 3.63) is 0 Å². The lowest BCUT2D eigenvalue weighted by molar-refractivity contribution is -0.0117. The number of ether oxygens (including phenoxy) is 3. The Hall–Kier alpha value is -0.255. The van der Waals surface area contributed by atoms with Gasteiger partial charge < -0.3 is 29.1 Å². The van der Waals surface area contributed by atoms with Crippen molar-refractivity contribution in [2.75, 3.05) is 40.0 Å². The molecule has 0 bridgehead atoms. The molecule has 0 spiro atoms. The zero-order chi connectivity index (χ0) is 17.0. The molecule has 2 unspecified atom stereocenters. The highest BCUT2D eigenvalue weighted by atomic mass is 32.1. The van der Waals surface area contributed by atoms with Crippen LogP contribution in [0.1, 0.15) is 0 Å². The first kappa shape index (κ1) is 19.1. The summed E-state index contributed by atoms with van der Waals surface area (Å²) in [6, 6.07) is -0.479. The Labute approximate surface area is 140 Å². The highest BCUT2D eigenvalue weighted by Crippen LogP contribution is 2.46. The van der Waals surface area contributed by atoms with Crippen molar-refractivity contribution in [3.8, 4) is 0 Å². The van der Waals surface area contributed by atoms with Crippen LogP contribution in [0.3, 0.4) is 0 Å². The fourth-order valence-corrected chi connectivity index (χ4v) is 3.42. The van der Waals surface area contributed by atoms with Gasteiger partial charge in [0.2, 0.25) is 0 Å². The minimum absolute atomic E-state index is 0.242. The quantitative estimate of drug-likeness (QED) is 0.337. The van der Waals surface area contributed by atoms with Crippen LogP contribution in [-0.2, 0) is 27.8 Å². The smallest absolute Gasteiger partial charge is 0.463 e. The molecule has 0 amide bonds. The van der Waals surface area contributed by atoms with Crippen LogP contribution in [0.2, 0.25) is 0 Å². The number of morpholine rings is 1. The van der Waals surface area contributed by atoms with Gasteiger partial charge in [0, 0.05) is 20.2 Å². The van der Waals surface area contributed by atoms with E-state index in [9.17, 15) is 14.6 Å². The Morgan fingerprint density at radius 3 is 2.65 bits per heavy atom. The van der Waals surface area contributed by atoms with E-state index in [2.05, 4.69) is 4.52 Å². The minimum atomic E-state index is -4.26. The van der Waals surface area contributed by atoms with Crippen molar-refractivity contribution < 1.29 is 37.8 Å². The maximum atomic E-state index is 11.7. The second-order valence-corrected chi connectivity index (χ2v) is 7.09. The molecule has 0 saturated carbocycles. The van der Waals surface area contributed by atoms with Gasteiger partial charge in [-0.3, -0.25) is 9.05 Å². The molecule has 0 aliphatic carbocycles. The maximum absolute atomic E-state index is 11.7. The Balaban J connectivity index is 2.06. The molecule has 23 heavy (non-hydrogen) atoms. The van der Waals surface area contributed by atoms with Gasteiger partial charge in [-0.25, -0.2) is 4.57 Å². The van der Waals surface area contributed by atoms with Crippen LogP contribution >= 0.6 is 20.0 Å². The molecular formula is C11H21BNO8PS. The number of aliphatic hydroxyl groups is 1. The molecule has 2 N–H and O–H groups in total. The van der Waals surface area contributed by atoms with Crippen LogP contribution in [-0.4, -0.2) is 92.3 Å². The van der Waals surface area contributed by atoms with Crippen molar-refractivity contribution in [2.45, 2.75) is 24.3 Å². The van der Waals surface area contributed by atoms with Gasteiger partial charge in [0.15, 0.2) is 0 Å². The highest BCUT2D eigenvalue weighted by Gasteiger charge is 2.48. The fraction of sp³-hybridized carbons (Fsp3) is 0.909. The minimum Gasteiger partial charge on any atom is -0.463 e. The largest absolute Gasteiger partial charge is 0.472 e. The Bertz CT molecular complexity index is 465. The molecule has 2 heterocycles. The number of phosphoric acid groups is 1. The van der Waals surface area contributed by atoms with Gasteiger partial charge in [-0.15, -0.1) is 0 Å². The van der Waals surface area contributed by atoms with Crippen LogP contribution < -0.4 is 0 Å². The standard InChI is InChI=1S/C11H21BNO8PS/c1-17-22(15,16)21-8-7(6-14)19-10(12)9(8)20-11(23)13-2-4-18-5-3-13/h7-10,14H,2-6,12H2,1H3,(H,15,16)/t7-,8?,9+,10-/m1/s1. The maximum Gasteiger partial charge on any atom is 0.472 e. The average Bonchev–Trinajstić information content (AvgIpc) is 2.83. The number of rotatable bonds is 5. The molecule has 5 atom stereocenters. The van der Waals surface area contributed by atoms with E-state index in [1.165, 1.54) is 0 Å². The van der Waals surface area contributed by atoms with E-state index in [4.69, 9.17) is 31.0 Å². The molecule has 0 aromatic rings. The first-order valence-electron chi connectivity index (χ1n) is 7.24. The summed E-state index contributed by atoms with van der Waals surface area (Å²) in [6.07, 6.45) is -2.53. The van der Waals surface area contributed by atoms with Crippen LogP contribution in [0.5, 0.6) is 0 Å². The zero-order valence-corrected chi connectivity index (χ0v) is 14.7. The molecule has 12 heteroatoms. The molecule has 2 aliphatic rings. The average molecular weight is 369 g/mol. The van der Waals surface area contributed by atoms with E-state index in [1.807, 2.05) is 4.90 Å². The number of thiocarbonyl (C=S) groups is 1. The van der Waals surface area contributed by atoms with Crippen molar-refractivity contribution in [1.82, 2.24) is 4.90 Å². The van der Waals surface area contributed by atoms with Gasteiger partial charge >= 0.3 is 7.82 Å². The van der Waals surface area contributed by atoms with E-state index >= 15 is 0 Å². The summed E-state index contributed by atoms with van der Waals surface area (Å²) in [5, 5.41) is 9.63. The van der Waals surface area contributed by atoms with Crippen molar-refractivity contribution >= 4 is 33.1 Å². The van der Waals surface area contributed by atoms with E-state index in [1.54, 1.807) is 7.85 Å². The SMILES string of the molecule is B[C@@H]1O[C@H](CO)C(OP(=O)(O)OC)[C@@H]1OC(=S)N1CCOCC1. The first-order chi connectivity index (χ1) is 10.9. The lowest BCUT2D eigenvalue weighted by Crippen LogP contribution is -2.46. The lowest BCUT2D eigenvalue weighted by atomic mass is 9.93. The third-order valence-electron chi connectivity index (χ3n) is 3.71. The molecule has 2 fully saturated rings. The van der Waals surface area contributed by atoms with Crippen LogP contribution in [0.4, 0.5) is 0 Å². The van der Waals surface area contributed by atoms with Crippen LogP contribution in [0.15, 0.2) is 0 Å². The fourth-order valence-electron chi connectivity index (χ4n) is 2.48. The first-order valence-corrected chi connectivity index (χ1v) is 9.15.